The Kier molecular flexibility index (Phi) is 6.51. The maximum atomic E-state index is 12.8. The highest BCUT2D eigenvalue weighted by Crippen LogP contribution is 2.31. The summed E-state index contributed by atoms with van der Waals surface area (Å²) in [7, 11) is 1.60. The number of esters is 1. The van der Waals surface area contributed by atoms with Crippen molar-refractivity contribution in [3.05, 3.63) is 47.0 Å². The highest BCUT2D eigenvalue weighted by molar-refractivity contribution is 7.22. The summed E-state index contributed by atoms with van der Waals surface area (Å²) < 4.78 is 11.9. The summed E-state index contributed by atoms with van der Waals surface area (Å²) in [6, 6.07) is 9.28. The Labute approximate surface area is 177 Å². The molecule has 1 N–H and O–H groups in total. The number of benzene rings is 1. The van der Waals surface area contributed by atoms with Gasteiger partial charge in [0.05, 0.1) is 19.0 Å². The van der Waals surface area contributed by atoms with Gasteiger partial charge in [-0.3, -0.25) is 19.0 Å². The highest BCUT2D eigenvalue weighted by Gasteiger charge is 2.19. The van der Waals surface area contributed by atoms with Crippen LogP contribution in [-0.2, 0) is 20.9 Å². The van der Waals surface area contributed by atoms with Crippen LogP contribution < -0.4 is 15.6 Å². The second-order valence-electron chi connectivity index (χ2n) is 7.03. The number of fused-ring (bicyclic) bond motifs is 1. The normalized spacial score (nSPS) is 12.0. The molecule has 3 aromatic rings. The molecule has 0 bridgehead atoms. The molecule has 8 nitrogen and oxygen atoms in total. The third-order valence-corrected chi connectivity index (χ3v) is 5.45. The lowest BCUT2D eigenvalue weighted by molar-refractivity contribution is -0.155. The predicted octanol–water partition coefficient (Wildman–Crippen LogP) is 2.59. The molecule has 0 spiro atoms. The molecule has 1 amide bonds. The Hall–Kier alpha value is -3.20. The van der Waals surface area contributed by atoms with Crippen LogP contribution in [0.1, 0.15) is 20.8 Å². The molecular weight excluding hydrogens is 406 g/mol. The molecule has 30 heavy (non-hydrogen) atoms. The molecule has 0 aliphatic rings. The lowest BCUT2D eigenvalue weighted by Gasteiger charge is -2.15. The fraction of sp³-hybridized carbons (Fsp3) is 0.333. The van der Waals surface area contributed by atoms with E-state index in [1.54, 1.807) is 7.11 Å². The molecule has 0 radical (unpaired) electrons. The fourth-order valence-electron chi connectivity index (χ4n) is 2.78. The minimum absolute atomic E-state index is 0.0633. The molecule has 0 aliphatic heterocycles. The highest BCUT2D eigenvalue weighted by atomic mass is 32.1. The van der Waals surface area contributed by atoms with Crippen LogP contribution in [0, 0.1) is 0 Å². The van der Waals surface area contributed by atoms with Crippen LogP contribution in [0.2, 0.25) is 0 Å². The van der Waals surface area contributed by atoms with E-state index < -0.39 is 12.1 Å². The topological polar surface area (TPSA) is 99.5 Å². The number of hydrogen-bond donors (Lipinski definition) is 1. The van der Waals surface area contributed by atoms with Crippen LogP contribution in [0.25, 0.3) is 20.7 Å². The van der Waals surface area contributed by atoms with Crippen molar-refractivity contribution in [2.45, 2.75) is 39.5 Å². The first kappa shape index (κ1) is 21.5. The third kappa shape index (κ3) is 4.85. The quantitative estimate of drug-likeness (QED) is 0.580. The Balaban J connectivity index is 1.77. The molecule has 0 unspecified atom stereocenters. The molecule has 0 saturated heterocycles. The standard InChI is InChI=1S/C21H23N3O5S/c1-12(2)23-20(26)13(3)29-18(25)10-24-11-22-16-9-17(30-19(16)21(24)27)14-5-7-15(28-4)8-6-14/h5-9,11-13H,10H2,1-4H3,(H,23,26)/t13-/m1/s1. The van der Waals surface area contributed by atoms with E-state index in [0.717, 1.165) is 16.2 Å². The lowest BCUT2D eigenvalue weighted by atomic mass is 10.2. The number of aromatic nitrogens is 2. The molecule has 0 aliphatic carbocycles. The lowest BCUT2D eigenvalue weighted by Crippen LogP contribution is -2.40. The summed E-state index contributed by atoms with van der Waals surface area (Å²) in [4.78, 5) is 42.1. The van der Waals surface area contributed by atoms with E-state index >= 15 is 0 Å². The van der Waals surface area contributed by atoms with E-state index in [1.807, 2.05) is 44.2 Å². The second kappa shape index (κ2) is 9.08. The van der Waals surface area contributed by atoms with Crippen LogP contribution in [0.5, 0.6) is 5.75 Å². The summed E-state index contributed by atoms with van der Waals surface area (Å²) in [6.07, 6.45) is 0.366. The van der Waals surface area contributed by atoms with Crippen molar-refractivity contribution in [2.75, 3.05) is 7.11 Å². The molecule has 2 heterocycles. The van der Waals surface area contributed by atoms with Gasteiger partial charge in [-0.15, -0.1) is 11.3 Å². The van der Waals surface area contributed by atoms with Crippen LogP contribution in [0.3, 0.4) is 0 Å². The van der Waals surface area contributed by atoms with Crippen LogP contribution in [-0.4, -0.2) is 40.7 Å². The Morgan fingerprint density at radius 2 is 1.90 bits per heavy atom. The summed E-state index contributed by atoms with van der Waals surface area (Å²) in [5, 5.41) is 2.67. The first-order valence-electron chi connectivity index (χ1n) is 9.41. The van der Waals surface area contributed by atoms with Crippen molar-refractivity contribution < 1.29 is 19.1 Å². The number of hydrogen-bond acceptors (Lipinski definition) is 7. The van der Waals surface area contributed by atoms with Gasteiger partial charge in [0.2, 0.25) is 0 Å². The van der Waals surface area contributed by atoms with Crippen molar-refractivity contribution in [3.63, 3.8) is 0 Å². The van der Waals surface area contributed by atoms with Gasteiger partial charge in [-0.1, -0.05) is 0 Å². The number of thiophene rings is 1. The molecule has 1 aromatic carbocycles. The van der Waals surface area contributed by atoms with Crippen LogP contribution in [0.4, 0.5) is 0 Å². The minimum atomic E-state index is -0.948. The zero-order chi connectivity index (χ0) is 21.8. The second-order valence-corrected chi connectivity index (χ2v) is 8.08. The summed E-state index contributed by atoms with van der Waals surface area (Å²) >= 11 is 1.30. The van der Waals surface area contributed by atoms with E-state index in [-0.39, 0.29) is 24.1 Å². The maximum Gasteiger partial charge on any atom is 0.326 e. The van der Waals surface area contributed by atoms with E-state index in [1.165, 1.54) is 29.2 Å². The van der Waals surface area contributed by atoms with Crippen molar-refractivity contribution in [1.82, 2.24) is 14.9 Å². The van der Waals surface area contributed by atoms with E-state index in [9.17, 15) is 14.4 Å². The van der Waals surface area contributed by atoms with Gasteiger partial charge in [-0.05, 0) is 56.7 Å². The van der Waals surface area contributed by atoms with E-state index in [2.05, 4.69) is 10.3 Å². The Morgan fingerprint density at radius 1 is 1.20 bits per heavy atom. The van der Waals surface area contributed by atoms with E-state index in [4.69, 9.17) is 9.47 Å². The molecule has 9 heteroatoms. The minimum Gasteiger partial charge on any atom is -0.497 e. The zero-order valence-electron chi connectivity index (χ0n) is 17.2. The Bertz CT molecular complexity index is 1120. The van der Waals surface area contributed by atoms with Gasteiger partial charge < -0.3 is 14.8 Å². The predicted molar refractivity (Wildman–Crippen MR) is 115 cm³/mol. The van der Waals surface area contributed by atoms with Crippen molar-refractivity contribution in [1.29, 1.82) is 0 Å². The molecule has 3 rings (SSSR count). The van der Waals surface area contributed by atoms with Crippen LogP contribution in [0.15, 0.2) is 41.5 Å². The van der Waals surface area contributed by atoms with Gasteiger partial charge >= 0.3 is 5.97 Å². The van der Waals surface area contributed by atoms with Gasteiger partial charge in [-0.25, -0.2) is 4.98 Å². The number of carbonyl (C=O) groups excluding carboxylic acids is 2. The molecular formula is C21H23N3O5S. The SMILES string of the molecule is COc1ccc(-c2cc3ncn(CC(=O)O[C@H](C)C(=O)NC(C)C)c(=O)c3s2)cc1. The average Bonchev–Trinajstić information content (AvgIpc) is 3.15. The monoisotopic (exact) mass is 429 g/mol. The number of rotatable bonds is 7. The van der Waals surface area contributed by atoms with Crippen molar-refractivity contribution >= 4 is 33.4 Å². The summed E-state index contributed by atoms with van der Waals surface area (Å²) in [5.74, 6) is -0.326. The maximum absolute atomic E-state index is 12.8. The number of nitrogens with zero attached hydrogens (tertiary/aromatic N) is 2. The number of carbonyl (C=O) groups is 2. The fourth-order valence-corrected chi connectivity index (χ4v) is 3.85. The molecule has 1 atom stereocenters. The average molecular weight is 429 g/mol. The third-order valence-electron chi connectivity index (χ3n) is 4.29. The zero-order valence-corrected chi connectivity index (χ0v) is 18.0. The van der Waals surface area contributed by atoms with E-state index in [0.29, 0.717) is 10.2 Å². The number of methoxy groups -OCH3 is 1. The van der Waals surface area contributed by atoms with Crippen molar-refractivity contribution in [3.8, 4) is 16.2 Å². The first-order chi connectivity index (χ1) is 14.3. The van der Waals surface area contributed by atoms with Gasteiger partial charge in [0.15, 0.2) is 6.10 Å². The number of nitrogens with one attached hydrogen (secondary N) is 1. The molecule has 158 valence electrons. The molecule has 0 fully saturated rings. The van der Waals surface area contributed by atoms with Gasteiger partial charge in [0.1, 0.15) is 17.0 Å². The molecule has 2 aromatic heterocycles. The van der Waals surface area contributed by atoms with Gasteiger partial charge in [0, 0.05) is 10.9 Å². The van der Waals surface area contributed by atoms with Crippen LogP contribution >= 0.6 is 11.3 Å². The van der Waals surface area contributed by atoms with Crippen molar-refractivity contribution in [2.24, 2.45) is 0 Å². The smallest absolute Gasteiger partial charge is 0.326 e. The Morgan fingerprint density at radius 3 is 2.53 bits per heavy atom. The summed E-state index contributed by atoms with van der Waals surface area (Å²) in [6.45, 7) is 4.79. The molecule has 0 saturated carbocycles. The number of ether oxygens (including phenoxy) is 2. The number of amides is 1. The van der Waals surface area contributed by atoms with Gasteiger partial charge in [0.25, 0.3) is 11.5 Å². The largest absolute Gasteiger partial charge is 0.497 e. The first-order valence-corrected chi connectivity index (χ1v) is 10.2. The summed E-state index contributed by atoms with van der Waals surface area (Å²) in [5.41, 5.74) is 1.17. The van der Waals surface area contributed by atoms with Gasteiger partial charge in [-0.2, -0.15) is 0 Å².